The van der Waals surface area contributed by atoms with Crippen molar-refractivity contribution in [2.75, 3.05) is 19.3 Å². The molecule has 2 aromatic rings. The quantitative estimate of drug-likeness (QED) is 0.841. The number of aromatic nitrogens is 2. The second kappa shape index (κ2) is 6.71. The zero-order chi connectivity index (χ0) is 18.2. The lowest BCUT2D eigenvalue weighted by Crippen LogP contribution is -2.38. The predicted molar refractivity (Wildman–Crippen MR) is 93.9 cm³/mol. The molecule has 1 aliphatic rings. The fourth-order valence-electron chi connectivity index (χ4n) is 2.92. The first-order valence-electron chi connectivity index (χ1n) is 7.68. The number of aromatic amines is 1. The summed E-state index contributed by atoms with van der Waals surface area (Å²) in [5.74, 6) is 1.04. The number of H-pyrrole nitrogens is 1. The molecule has 2 heterocycles. The minimum absolute atomic E-state index is 0.0144. The molecule has 0 saturated carbocycles. The van der Waals surface area contributed by atoms with Crippen LogP contribution < -0.4 is 0 Å². The Hall–Kier alpha value is -1.42. The van der Waals surface area contributed by atoms with E-state index in [1.165, 1.54) is 16.4 Å². The van der Waals surface area contributed by atoms with Crippen LogP contribution in [-0.2, 0) is 19.9 Å². The van der Waals surface area contributed by atoms with Crippen molar-refractivity contribution in [3.63, 3.8) is 0 Å². The Labute approximate surface area is 152 Å². The number of nitrogens with zero attached hydrogens (tertiary/aromatic N) is 2. The number of halogens is 1. The summed E-state index contributed by atoms with van der Waals surface area (Å²) in [5, 5.41) is 0.0144. The number of imidazole rings is 1. The number of benzene rings is 1. The van der Waals surface area contributed by atoms with Crippen molar-refractivity contribution in [2.24, 2.45) is 0 Å². The molecule has 136 valence electrons. The van der Waals surface area contributed by atoms with Crippen molar-refractivity contribution in [3.05, 3.63) is 41.4 Å². The highest BCUT2D eigenvalue weighted by atomic mass is 35.5. The zero-order valence-electron chi connectivity index (χ0n) is 13.5. The Morgan fingerprint density at radius 2 is 1.88 bits per heavy atom. The minimum Gasteiger partial charge on any atom is -0.348 e. The van der Waals surface area contributed by atoms with Gasteiger partial charge in [0, 0.05) is 37.7 Å². The van der Waals surface area contributed by atoms with Crippen LogP contribution in [0.4, 0.5) is 0 Å². The first kappa shape index (κ1) is 18.4. The standard InChI is InChI=1S/C15H18ClN3O4S2/c1-24(20,21)12-2-3-13(16)14(10-12)25(22,23)19-8-4-11(5-9-19)15-17-6-7-18-15/h2-3,6-7,10-11H,4-5,8-9H2,1H3,(H,17,18). The molecular formula is C15H18ClN3O4S2. The molecule has 1 aromatic carbocycles. The van der Waals surface area contributed by atoms with Gasteiger partial charge in [0.2, 0.25) is 10.0 Å². The van der Waals surface area contributed by atoms with Crippen LogP contribution in [0.3, 0.4) is 0 Å². The number of hydrogen-bond donors (Lipinski definition) is 1. The molecular weight excluding hydrogens is 386 g/mol. The molecule has 1 saturated heterocycles. The molecule has 0 atom stereocenters. The number of rotatable bonds is 4. The van der Waals surface area contributed by atoms with Crippen molar-refractivity contribution < 1.29 is 16.8 Å². The van der Waals surface area contributed by atoms with Crippen molar-refractivity contribution in [3.8, 4) is 0 Å². The Bertz CT molecular complexity index is 964. The van der Waals surface area contributed by atoms with Crippen molar-refractivity contribution >= 4 is 31.5 Å². The predicted octanol–water partition coefficient (Wildman–Crippen LogP) is 2.03. The first-order valence-corrected chi connectivity index (χ1v) is 11.4. The molecule has 1 N–H and O–H groups in total. The maximum Gasteiger partial charge on any atom is 0.244 e. The maximum atomic E-state index is 12.9. The number of piperidine rings is 1. The summed E-state index contributed by atoms with van der Waals surface area (Å²) in [6, 6.07) is 3.74. The van der Waals surface area contributed by atoms with Gasteiger partial charge >= 0.3 is 0 Å². The van der Waals surface area contributed by atoms with E-state index >= 15 is 0 Å². The second-order valence-corrected chi connectivity index (χ2v) is 10.3. The fourth-order valence-corrected chi connectivity index (χ4v) is 5.61. The van der Waals surface area contributed by atoms with Gasteiger partial charge in [-0.1, -0.05) is 11.6 Å². The molecule has 3 rings (SSSR count). The smallest absolute Gasteiger partial charge is 0.244 e. The number of sulfone groups is 1. The SMILES string of the molecule is CS(=O)(=O)c1ccc(Cl)c(S(=O)(=O)N2CCC(c3ncc[nH]3)CC2)c1. The molecule has 7 nitrogen and oxygen atoms in total. The Balaban J connectivity index is 1.86. The summed E-state index contributed by atoms with van der Waals surface area (Å²) in [6.07, 6.45) is 5.72. The summed E-state index contributed by atoms with van der Waals surface area (Å²) in [7, 11) is -7.39. The highest BCUT2D eigenvalue weighted by Gasteiger charge is 2.32. The molecule has 0 amide bonds. The number of sulfonamides is 1. The zero-order valence-corrected chi connectivity index (χ0v) is 15.9. The van der Waals surface area contributed by atoms with E-state index in [-0.39, 0.29) is 20.7 Å². The summed E-state index contributed by atoms with van der Waals surface area (Å²) < 4.78 is 50.6. The van der Waals surface area contributed by atoms with E-state index in [2.05, 4.69) is 9.97 Å². The molecule has 0 unspecified atom stereocenters. The lowest BCUT2D eigenvalue weighted by molar-refractivity contribution is 0.314. The van der Waals surface area contributed by atoms with Crippen molar-refractivity contribution in [1.82, 2.24) is 14.3 Å². The summed E-state index contributed by atoms with van der Waals surface area (Å²) >= 11 is 6.04. The maximum absolute atomic E-state index is 12.9. The second-order valence-electron chi connectivity index (χ2n) is 6.02. The molecule has 1 fully saturated rings. The van der Waals surface area contributed by atoms with Crippen LogP contribution in [0, 0.1) is 0 Å². The average molecular weight is 404 g/mol. The third-order valence-electron chi connectivity index (χ3n) is 4.31. The summed E-state index contributed by atoms with van der Waals surface area (Å²) in [4.78, 5) is 7.04. The first-order chi connectivity index (χ1) is 11.7. The highest BCUT2D eigenvalue weighted by molar-refractivity contribution is 7.91. The lowest BCUT2D eigenvalue weighted by atomic mass is 9.98. The van der Waals surface area contributed by atoms with Crippen LogP contribution in [0.1, 0.15) is 24.6 Å². The molecule has 10 heteroatoms. The van der Waals surface area contributed by atoms with Gasteiger partial charge < -0.3 is 4.98 Å². The molecule has 0 bridgehead atoms. The van der Waals surface area contributed by atoms with Gasteiger partial charge in [-0.15, -0.1) is 0 Å². The van der Waals surface area contributed by atoms with Gasteiger partial charge in [0.25, 0.3) is 0 Å². The topological polar surface area (TPSA) is 100 Å². The average Bonchev–Trinajstić information content (AvgIpc) is 3.08. The van der Waals surface area contributed by atoms with Gasteiger partial charge in [-0.25, -0.2) is 21.8 Å². The van der Waals surface area contributed by atoms with Gasteiger partial charge in [0.1, 0.15) is 10.7 Å². The van der Waals surface area contributed by atoms with Crippen LogP contribution >= 0.6 is 11.6 Å². The molecule has 0 spiro atoms. The highest BCUT2D eigenvalue weighted by Crippen LogP contribution is 2.32. The van der Waals surface area contributed by atoms with Crippen LogP contribution in [0.2, 0.25) is 5.02 Å². The van der Waals surface area contributed by atoms with Gasteiger partial charge in [0.15, 0.2) is 9.84 Å². The molecule has 0 aliphatic carbocycles. The number of nitrogens with one attached hydrogen (secondary N) is 1. The lowest BCUT2D eigenvalue weighted by Gasteiger charge is -2.30. The summed E-state index contributed by atoms with van der Waals surface area (Å²) in [5.41, 5.74) is 0. The molecule has 1 aliphatic heterocycles. The summed E-state index contributed by atoms with van der Waals surface area (Å²) in [6.45, 7) is 0.653. The molecule has 0 radical (unpaired) electrons. The third kappa shape index (κ3) is 3.74. The van der Waals surface area contributed by atoms with E-state index in [9.17, 15) is 16.8 Å². The van der Waals surface area contributed by atoms with E-state index in [1.807, 2.05) is 0 Å². The van der Waals surface area contributed by atoms with Gasteiger partial charge in [-0.2, -0.15) is 4.31 Å². The van der Waals surface area contributed by atoms with E-state index in [1.54, 1.807) is 12.4 Å². The Kier molecular flexibility index (Phi) is 4.93. The Morgan fingerprint density at radius 3 is 2.44 bits per heavy atom. The molecule has 25 heavy (non-hydrogen) atoms. The van der Waals surface area contributed by atoms with Gasteiger partial charge in [-0.05, 0) is 31.0 Å². The van der Waals surface area contributed by atoms with Crippen molar-refractivity contribution in [2.45, 2.75) is 28.6 Å². The fraction of sp³-hybridized carbons (Fsp3) is 0.400. The largest absolute Gasteiger partial charge is 0.348 e. The Morgan fingerprint density at radius 1 is 1.20 bits per heavy atom. The molecule has 1 aromatic heterocycles. The van der Waals surface area contributed by atoms with E-state index in [0.717, 1.165) is 18.1 Å². The number of hydrogen-bond acceptors (Lipinski definition) is 5. The monoisotopic (exact) mass is 403 g/mol. The van der Waals surface area contributed by atoms with Crippen molar-refractivity contribution in [1.29, 1.82) is 0 Å². The van der Waals surface area contributed by atoms with E-state index in [0.29, 0.717) is 25.9 Å². The van der Waals surface area contributed by atoms with Crippen LogP contribution in [-0.4, -0.2) is 50.5 Å². The minimum atomic E-state index is -3.86. The van der Waals surface area contributed by atoms with Crippen LogP contribution in [0.5, 0.6) is 0 Å². The van der Waals surface area contributed by atoms with E-state index in [4.69, 9.17) is 11.6 Å². The third-order valence-corrected chi connectivity index (χ3v) is 7.80. The van der Waals surface area contributed by atoms with Gasteiger partial charge in [-0.3, -0.25) is 0 Å². The van der Waals surface area contributed by atoms with Gasteiger partial charge in [0.05, 0.1) is 9.92 Å². The normalized spacial score (nSPS) is 17.7. The van der Waals surface area contributed by atoms with Crippen LogP contribution in [0.25, 0.3) is 0 Å². The van der Waals surface area contributed by atoms with Crippen LogP contribution in [0.15, 0.2) is 40.4 Å². The van der Waals surface area contributed by atoms with E-state index < -0.39 is 19.9 Å².